The predicted molar refractivity (Wildman–Crippen MR) is 81.2 cm³/mol. The molecule has 1 fully saturated rings. The molecule has 2 atom stereocenters. The highest BCUT2D eigenvalue weighted by atomic mass is 32.2. The fourth-order valence-corrected chi connectivity index (χ4v) is 2.83. The molecule has 7 heteroatoms. The topological polar surface area (TPSA) is 72.9 Å². The van der Waals surface area contributed by atoms with Crippen LogP contribution in [0, 0.1) is 0 Å². The quantitative estimate of drug-likeness (QED) is 0.732. The maximum absolute atomic E-state index is 12.0. The fourth-order valence-electron chi connectivity index (χ4n) is 2.36. The average molecular weight is 303 g/mol. The number of carboxylic acids is 1. The largest absolute Gasteiger partial charge is 0.480 e. The summed E-state index contributed by atoms with van der Waals surface area (Å²) in [4.78, 5) is 27.0. The smallest absolute Gasteiger partial charge is 0.326 e. The summed E-state index contributed by atoms with van der Waals surface area (Å²) in [5.74, 6) is -0.259. The summed E-state index contributed by atoms with van der Waals surface area (Å²) >= 11 is 1.57. The SMILES string of the molecule is CSCCC(NC(=O)N(C)CC1CCCN1C)C(=O)O. The van der Waals surface area contributed by atoms with Crippen molar-refractivity contribution in [3.8, 4) is 0 Å². The van der Waals surface area contributed by atoms with Gasteiger partial charge in [-0.2, -0.15) is 11.8 Å². The van der Waals surface area contributed by atoms with E-state index in [1.165, 1.54) is 0 Å². The second-order valence-corrected chi connectivity index (χ2v) is 6.26. The Morgan fingerprint density at radius 1 is 1.55 bits per heavy atom. The van der Waals surface area contributed by atoms with Crippen molar-refractivity contribution < 1.29 is 14.7 Å². The normalized spacial score (nSPS) is 20.6. The van der Waals surface area contributed by atoms with Gasteiger partial charge in [-0.1, -0.05) is 0 Å². The van der Waals surface area contributed by atoms with Gasteiger partial charge >= 0.3 is 12.0 Å². The molecule has 0 aromatic heterocycles. The third-order valence-electron chi connectivity index (χ3n) is 3.71. The number of likely N-dealkylation sites (N-methyl/N-ethyl adjacent to an activating group) is 2. The van der Waals surface area contributed by atoms with Gasteiger partial charge in [0.15, 0.2) is 0 Å². The van der Waals surface area contributed by atoms with Gasteiger partial charge in [-0.05, 0) is 44.9 Å². The molecule has 0 aromatic rings. The van der Waals surface area contributed by atoms with Crippen LogP contribution in [0.5, 0.6) is 0 Å². The summed E-state index contributed by atoms with van der Waals surface area (Å²) in [6.07, 6.45) is 4.60. The van der Waals surface area contributed by atoms with Gasteiger partial charge in [0.2, 0.25) is 0 Å². The molecule has 1 saturated heterocycles. The molecule has 1 heterocycles. The van der Waals surface area contributed by atoms with Crippen LogP contribution in [-0.2, 0) is 4.79 Å². The third-order valence-corrected chi connectivity index (χ3v) is 4.35. The van der Waals surface area contributed by atoms with Crippen molar-refractivity contribution in [1.29, 1.82) is 0 Å². The van der Waals surface area contributed by atoms with E-state index in [1.807, 2.05) is 6.26 Å². The number of carboxylic acid groups (broad SMARTS) is 1. The lowest BCUT2D eigenvalue weighted by atomic mass is 10.2. The number of thioether (sulfide) groups is 1. The molecular formula is C13H25N3O3S. The molecule has 0 aromatic carbocycles. The Bertz CT molecular complexity index is 341. The second-order valence-electron chi connectivity index (χ2n) is 5.28. The number of nitrogens with zero attached hydrogens (tertiary/aromatic N) is 2. The number of urea groups is 1. The number of rotatable bonds is 7. The van der Waals surface area contributed by atoms with Crippen molar-refractivity contribution in [2.75, 3.05) is 39.2 Å². The number of hydrogen-bond acceptors (Lipinski definition) is 4. The maximum Gasteiger partial charge on any atom is 0.326 e. The van der Waals surface area contributed by atoms with Gasteiger partial charge < -0.3 is 20.2 Å². The Labute approximate surface area is 124 Å². The Morgan fingerprint density at radius 2 is 2.25 bits per heavy atom. The third kappa shape index (κ3) is 5.20. The number of nitrogens with one attached hydrogen (secondary N) is 1. The van der Waals surface area contributed by atoms with E-state index >= 15 is 0 Å². The summed E-state index contributed by atoms with van der Waals surface area (Å²) in [5, 5.41) is 11.7. The first-order valence-corrected chi connectivity index (χ1v) is 8.28. The van der Waals surface area contributed by atoms with E-state index in [9.17, 15) is 9.59 Å². The number of carbonyl (C=O) groups is 2. The van der Waals surface area contributed by atoms with Gasteiger partial charge in [0.1, 0.15) is 6.04 Å². The number of carbonyl (C=O) groups excluding carboxylic acids is 1. The minimum Gasteiger partial charge on any atom is -0.480 e. The maximum atomic E-state index is 12.0. The molecule has 116 valence electrons. The lowest BCUT2D eigenvalue weighted by molar-refractivity contribution is -0.139. The summed E-state index contributed by atoms with van der Waals surface area (Å²) < 4.78 is 0. The fraction of sp³-hybridized carbons (Fsp3) is 0.846. The monoisotopic (exact) mass is 303 g/mol. The molecule has 0 spiro atoms. The average Bonchev–Trinajstić information content (AvgIpc) is 2.79. The molecule has 1 aliphatic rings. The number of likely N-dealkylation sites (tertiary alicyclic amines) is 1. The van der Waals surface area contributed by atoms with E-state index < -0.39 is 12.0 Å². The lowest BCUT2D eigenvalue weighted by Gasteiger charge is -2.27. The van der Waals surface area contributed by atoms with Gasteiger partial charge in [-0.15, -0.1) is 0 Å². The van der Waals surface area contributed by atoms with Crippen LogP contribution in [0.25, 0.3) is 0 Å². The van der Waals surface area contributed by atoms with Crippen LogP contribution < -0.4 is 5.32 Å². The van der Waals surface area contributed by atoms with Gasteiger partial charge in [-0.3, -0.25) is 0 Å². The van der Waals surface area contributed by atoms with Crippen molar-refractivity contribution in [2.45, 2.75) is 31.3 Å². The minimum atomic E-state index is -0.973. The van der Waals surface area contributed by atoms with Gasteiger partial charge in [0.25, 0.3) is 0 Å². The van der Waals surface area contributed by atoms with Crippen LogP contribution in [0.2, 0.25) is 0 Å². The number of hydrogen-bond donors (Lipinski definition) is 2. The van der Waals surface area contributed by atoms with Crippen LogP contribution >= 0.6 is 11.8 Å². The molecule has 0 bridgehead atoms. The van der Waals surface area contributed by atoms with Crippen molar-refractivity contribution >= 4 is 23.8 Å². The Morgan fingerprint density at radius 3 is 2.75 bits per heavy atom. The molecule has 2 unspecified atom stereocenters. The Kier molecular flexibility index (Phi) is 7.15. The highest BCUT2D eigenvalue weighted by molar-refractivity contribution is 7.98. The van der Waals surface area contributed by atoms with Crippen LogP contribution in [-0.4, -0.2) is 78.2 Å². The minimum absolute atomic E-state index is 0.307. The lowest BCUT2D eigenvalue weighted by Crippen LogP contribution is -2.49. The molecule has 1 aliphatic heterocycles. The Balaban J connectivity index is 2.44. The predicted octanol–water partition coefficient (Wildman–Crippen LogP) is 0.928. The molecule has 0 radical (unpaired) electrons. The molecule has 0 saturated carbocycles. The molecule has 6 nitrogen and oxygen atoms in total. The molecule has 2 amide bonds. The zero-order chi connectivity index (χ0) is 15.1. The molecular weight excluding hydrogens is 278 g/mol. The van der Waals surface area contributed by atoms with E-state index in [2.05, 4.69) is 17.3 Å². The van der Waals surface area contributed by atoms with Crippen LogP contribution in [0.1, 0.15) is 19.3 Å². The van der Waals surface area contributed by atoms with Gasteiger partial charge in [0.05, 0.1) is 0 Å². The summed E-state index contributed by atoms with van der Waals surface area (Å²) in [6.45, 7) is 1.70. The summed E-state index contributed by atoms with van der Waals surface area (Å²) in [5.41, 5.74) is 0. The zero-order valence-corrected chi connectivity index (χ0v) is 13.3. The van der Waals surface area contributed by atoms with Crippen molar-refractivity contribution in [2.24, 2.45) is 0 Å². The number of aliphatic carboxylic acids is 1. The van der Waals surface area contributed by atoms with E-state index in [1.54, 1.807) is 23.7 Å². The summed E-state index contributed by atoms with van der Waals surface area (Å²) in [7, 11) is 3.77. The van der Waals surface area contributed by atoms with E-state index in [4.69, 9.17) is 5.11 Å². The highest BCUT2D eigenvalue weighted by Gasteiger charge is 2.26. The molecule has 1 rings (SSSR count). The zero-order valence-electron chi connectivity index (χ0n) is 12.5. The first-order valence-electron chi connectivity index (χ1n) is 6.89. The first-order chi connectivity index (χ1) is 9.45. The molecule has 20 heavy (non-hydrogen) atoms. The molecule has 2 N–H and O–H groups in total. The number of amides is 2. The van der Waals surface area contributed by atoms with E-state index in [-0.39, 0.29) is 6.03 Å². The van der Waals surface area contributed by atoms with E-state index in [0.29, 0.717) is 24.8 Å². The van der Waals surface area contributed by atoms with E-state index in [0.717, 1.165) is 19.4 Å². The second kappa shape index (κ2) is 8.36. The molecule has 0 aliphatic carbocycles. The van der Waals surface area contributed by atoms with Crippen LogP contribution in [0.3, 0.4) is 0 Å². The Hall–Kier alpha value is -0.950. The highest BCUT2D eigenvalue weighted by Crippen LogP contribution is 2.15. The van der Waals surface area contributed by atoms with Crippen molar-refractivity contribution in [3.05, 3.63) is 0 Å². The van der Waals surface area contributed by atoms with Crippen molar-refractivity contribution in [3.63, 3.8) is 0 Å². The van der Waals surface area contributed by atoms with Crippen LogP contribution in [0.4, 0.5) is 4.79 Å². The van der Waals surface area contributed by atoms with Crippen molar-refractivity contribution in [1.82, 2.24) is 15.1 Å². The van der Waals surface area contributed by atoms with Gasteiger partial charge in [0, 0.05) is 19.6 Å². The van der Waals surface area contributed by atoms with Crippen LogP contribution in [0.15, 0.2) is 0 Å². The summed E-state index contributed by atoms with van der Waals surface area (Å²) in [6, 6.07) is -0.738. The first kappa shape index (κ1) is 17.1. The standard InChI is InChI=1S/C13H25N3O3S/c1-15-7-4-5-10(15)9-16(2)13(19)14-11(12(17)18)6-8-20-3/h10-11H,4-9H2,1-3H3,(H,14,19)(H,17,18). The van der Waals surface area contributed by atoms with Gasteiger partial charge in [-0.25, -0.2) is 9.59 Å².